The van der Waals surface area contributed by atoms with Gasteiger partial charge in [-0.05, 0) is 70.8 Å². The molecule has 0 spiro atoms. The van der Waals surface area contributed by atoms with Crippen molar-refractivity contribution in [1.82, 2.24) is 9.44 Å². The number of benzene rings is 6. The van der Waals surface area contributed by atoms with Gasteiger partial charge in [-0.2, -0.15) is 9.44 Å². The van der Waals surface area contributed by atoms with E-state index in [0.717, 1.165) is 23.6 Å². The number of hydrogen-bond acceptors (Lipinski definition) is 12. The van der Waals surface area contributed by atoms with Gasteiger partial charge in [0, 0.05) is 35.7 Å². The van der Waals surface area contributed by atoms with Crippen molar-refractivity contribution in [2.75, 3.05) is 26.4 Å². The SMILES string of the molecule is O=S(=O)(N[C@@H](c1cc2ccccc2o1)c1ccccc1CO)c1ccc2c(c1)OCCCO2.O=S(=O)(N[C@H](c1cc2ccccc2o1)c1ccccc1CO)c1ccc2c(c1)OCCCO2. The van der Waals surface area contributed by atoms with Crippen molar-refractivity contribution in [3.05, 3.63) is 179 Å². The summed E-state index contributed by atoms with van der Waals surface area (Å²) in [7, 11) is -7.98. The van der Waals surface area contributed by atoms with Crippen LogP contribution in [0.15, 0.2) is 164 Å². The molecule has 0 saturated heterocycles. The van der Waals surface area contributed by atoms with Crippen LogP contribution in [0.25, 0.3) is 21.9 Å². The summed E-state index contributed by atoms with van der Waals surface area (Å²) in [6, 6.07) is 40.2. The summed E-state index contributed by atoms with van der Waals surface area (Å²) in [6.45, 7) is 1.47. The Morgan fingerprint density at radius 3 is 1.24 bits per heavy atom. The van der Waals surface area contributed by atoms with Crippen LogP contribution in [-0.4, -0.2) is 53.5 Å². The van der Waals surface area contributed by atoms with Gasteiger partial charge in [-0.25, -0.2) is 16.8 Å². The van der Waals surface area contributed by atoms with Gasteiger partial charge in [0.25, 0.3) is 0 Å². The monoisotopic (exact) mass is 930 g/mol. The first-order valence-corrected chi connectivity index (χ1v) is 24.2. The maximum absolute atomic E-state index is 13.5. The lowest BCUT2D eigenvalue weighted by Gasteiger charge is -2.20. The van der Waals surface area contributed by atoms with Gasteiger partial charge in [-0.3, -0.25) is 0 Å². The van der Waals surface area contributed by atoms with Crippen LogP contribution in [0.1, 0.15) is 58.7 Å². The highest BCUT2D eigenvalue weighted by Crippen LogP contribution is 2.37. The number of furan rings is 2. The molecule has 0 saturated carbocycles. The molecule has 4 heterocycles. The molecule has 2 atom stereocenters. The van der Waals surface area contributed by atoms with Gasteiger partial charge in [0.1, 0.15) is 34.8 Å². The molecule has 0 fully saturated rings. The number of aliphatic hydroxyl groups excluding tert-OH is 2. The van der Waals surface area contributed by atoms with Gasteiger partial charge >= 0.3 is 0 Å². The van der Waals surface area contributed by atoms with Crippen molar-refractivity contribution in [2.24, 2.45) is 0 Å². The Bertz CT molecular complexity index is 2940. The predicted octanol–water partition coefficient (Wildman–Crippen LogP) is 8.31. The third kappa shape index (κ3) is 9.65. The van der Waals surface area contributed by atoms with E-state index in [1.807, 2.05) is 60.7 Å². The van der Waals surface area contributed by atoms with Crippen LogP contribution in [0.2, 0.25) is 0 Å². The fourth-order valence-electron chi connectivity index (χ4n) is 7.83. The van der Waals surface area contributed by atoms with Gasteiger partial charge in [0.2, 0.25) is 20.0 Å². The summed E-state index contributed by atoms with van der Waals surface area (Å²) in [5, 5.41) is 21.5. The topological polar surface area (TPSA) is 196 Å². The zero-order chi connectivity index (χ0) is 45.7. The quantitative estimate of drug-likeness (QED) is 0.0917. The van der Waals surface area contributed by atoms with Crippen molar-refractivity contribution in [3.63, 3.8) is 0 Å². The third-order valence-electron chi connectivity index (χ3n) is 11.1. The van der Waals surface area contributed by atoms with Gasteiger partial charge < -0.3 is 38.0 Å². The van der Waals surface area contributed by atoms with Crippen LogP contribution in [0, 0.1) is 0 Å². The smallest absolute Gasteiger partial charge is 0.241 e. The normalized spacial score (nSPS) is 14.7. The van der Waals surface area contributed by atoms with Crippen LogP contribution >= 0.6 is 0 Å². The van der Waals surface area contributed by atoms with Gasteiger partial charge in [-0.15, -0.1) is 0 Å². The molecule has 0 amide bonds. The summed E-state index contributed by atoms with van der Waals surface area (Å²) in [5.74, 6) is 2.68. The Labute approximate surface area is 381 Å². The van der Waals surface area contributed by atoms with Gasteiger partial charge in [-0.1, -0.05) is 84.9 Å². The van der Waals surface area contributed by atoms with Crippen LogP contribution in [0.4, 0.5) is 0 Å². The first-order chi connectivity index (χ1) is 32.1. The van der Waals surface area contributed by atoms with Crippen molar-refractivity contribution < 1.29 is 54.8 Å². The third-order valence-corrected chi connectivity index (χ3v) is 14.0. The molecule has 0 radical (unpaired) electrons. The summed E-state index contributed by atoms with van der Waals surface area (Å²) >= 11 is 0. The minimum absolute atomic E-state index is 0.0503. The zero-order valence-electron chi connectivity index (χ0n) is 35.5. The molecule has 16 heteroatoms. The number of rotatable bonds is 12. The number of ether oxygens (including phenoxy) is 4. The van der Waals surface area contributed by atoms with E-state index in [2.05, 4.69) is 9.44 Å². The van der Waals surface area contributed by atoms with Crippen LogP contribution in [0.5, 0.6) is 23.0 Å². The van der Waals surface area contributed by atoms with Gasteiger partial charge in [0.05, 0.1) is 49.4 Å². The molecule has 10 rings (SSSR count). The van der Waals surface area contributed by atoms with E-state index in [4.69, 9.17) is 27.8 Å². The Morgan fingerprint density at radius 2 is 0.833 bits per heavy atom. The van der Waals surface area contributed by atoms with Crippen LogP contribution in [0.3, 0.4) is 0 Å². The second-order valence-electron chi connectivity index (χ2n) is 15.5. The average molecular weight is 931 g/mol. The number of nitrogens with one attached hydrogen (secondary N) is 2. The van der Waals surface area contributed by atoms with Crippen LogP contribution in [-0.2, 0) is 33.3 Å². The number of fused-ring (bicyclic) bond motifs is 4. The highest BCUT2D eigenvalue weighted by Gasteiger charge is 2.30. The molecule has 340 valence electrons. The minimum Gasteiger partial charge on any atom is -0.490 e. The van der Waals surface area contributed by atoms with Crippen molar-refractivity contribution >= 4 is 42.0 Å². The average Bonchev–Trinajstić information content (AvgIpc) is 3.80. The molecule has 0 aliphatic carbocycles. The first-order valence-electron chi connectivity index (χ1n) is 21.3. The van der Waals surface area contributed by atoms with E-state index >= 15 is 0 Å². The highest BCUT2D eigenvalue weighted by atomic mass is 32.2. The van der Waals surface area contributed by atoms with E-state index in [-0.39, 0.29) is 23.0 Å². The number of para-hydroxylation sites is 2. The summed E-state index contributed by atoms with van der Waals surface area (Å²) in [4.78, 5) is 0.101. The largest absolute Gasteiger partial charge is 0.490 e. The number of hydrogen-bond donors (Lipinski definition) is 4. The number of aliphatic hydroxyl groups is 2. The molecular formula is C50H46N2O12S2. The molecule has 6 aromatic carbocycles. The van der Waals surface area contributed by atoms with Crippen LogP contribution < -0.4 is 28.4 Å². The molecule has 2 aromatic heterocycles. The first kappa shape index (κ1) is 44.5. The molecule has 8 aromatic rings. The Hall–Kier alpha value is -6.66. The number of sulfonamides is 2. The highest BCUT2D eigenvalue weighted by molar-refractivity contribution is 7.89. The fraction of sp³-hybridized carbons (Fsp3) is 0.200. The Morgan fingerprint density at radius 1 is 0.455 bits per heavy atom. The maximum atomic E-state index is 13.5. The van der Waals surface area contributed by atoms with E-state index in [1.54, 1.807) is 60.7 Å². The lowest BCUT2D eigenvalue weighted by atomic mass is 9.99. The molecule has 66 heavy (non-hydrogen) atoms. The Kier molecular flexibility index (Phi) is 13.1. The standard InChI is InChI=1S/2C25H23NO6S/c2*27-16-18-7-1-3-8-20(18)25(24-14-17-6-2-4-9-21(17)32-24)26-33(28,29)19-10-11-22-23(15-19)31-13-5-12-30-22/h2*1-4,6-11,14-15,25-27H,5,12-13,16H2/t2*25-/m10/s1. The van der Waals surface area contributed by atoms with E-state index in [1.165, 1.54) is 24.3 Å². The molecule has 0 unspecified atom stereocenters. The van der Waals surface area contributed by atoms with Crippen molar-refractivity contribution in [3.8, 4) is 23.0 Å². The molecule has 2 aliphatic heterocycles. The van der Waals surface area contributed by atoms with E-state index in [9.17, 15) is 27.0 Å². The molecule has 0 bridgehead atoms. The lowest BCUT2D eigenvalue weighted by Crippen LogP contribution is -2.30. The predicted molar refractivity (Wildman–Crippen MR) is 246 cm³/mol. The second kappa shape index (κ2) is 19.4. The van der Waals surface area contributed by atoms with E-state index < -0.39 is 32.1 Å². The zero-order valence-corrected chi connectivity index (χ0v) is 37.1. The van der Waals surface area contributed by atoms with E-state index in [0.29, 0.717) is 94.4 Å². The molecular weight excluding hydrogens is 885 g/mol. The lowest BCUT2D eigenvalue weighted by molar-refractivity contribution is 0.279. The molecule has 14 nitrogen and oxygen atoms in total. The van der Waals surface area contributed by atoms with Crippen molar-refractivity contribution in [1.29, 1.82) is 0 Å². The molecule has 2 aliphatic rings. The fourth-order valence-corrected chi connectivity index (χ4v) is 10.2. The maximum Gasteiger partial charge on any atom is 0.241 e. The van der Waals surface area contributed by atoms with Crippen molar-refractivity contribution in [2.45, 2.75) is 47.9 Å². The minimum atomic E-state index is -3.99. The summed E-state index contributed by atoms with van der Waals surface area (Å²) in [6.07, 6.45) is 1.45. The second-order valence-corrected chi connectivity index (χ2v) is 18.9. The van der Waals surface area contributed by atoms with Gasteiger partial charge in [0.15, 0.2) is 23.0 Å². The molecule has 4 N–H and O–H groups in total. The summed E-state index contributed by atoms with van der Waals surface area (Å²) in [5.41, 5.74) is 3.71. The summed E-state index contributed by atoms with van der Waals surface area (Å²) < 4.78 is 94.0. The Balaban J connectivity index is 0.000000166.